The molecule has 0 aliphatic carbocycles. The van der Waals surface area contributed by atoms with Crippen molar-refractivity contribution in [2.75, 3.05) is 33.5 Å². The van der Waals surface area contributed by atoms with Gasteiger partial charge in [0.15, 0.2) is 0 Å². The molecule has 21 heavy (non-hydrogen) atoms. The molecular weight excluding hydrogens is 352 g/mol. The Kier molecular flexibility index (Phi) is 11.3. The van der Waals surface area contributed by atoms with Crippen LogP contribution in [0.5, 0.6) is 0 Å². The Bertz CT molecular complexity index is 366. The summed E-state index contributed by atoms with van der Waals surface area (Å²) in [4.78, 5) is 0. The van der Waals surface area contributed by atoms with Gasteiger partial charge in [0.1, 0.15) is 6.23 Å². The van der Waals surface area contributed by atoms with Crippen molar-refractivity contribution in [3.8, 4) is 0 Å². The first-order chi connectivity index (χ1) is 9.78. The molecule has 0 heterocycles. The molecule has 0 aliphatic rings. The van der Waals surface area contributed by atoms with Crippen LogP contribution in [-0.2, 0) is 46.2 Å². The molecule has 0 fully saturated rings. The van der Waals surface area contributed by atoms with Gasteiger partial charge in [-0.3, -0.25) is 4.52 Å². The van der Waals surface area contributed by atoms with Crippen molar-refractivity contribution in [2.45, 2.75) is 40.8 Å². The predicted molar refractivity (Wildman–Crippen MR) is 93.4 cm³/mol. The van der Waals surface area contributed by atoms with E-state index in [1.807, 2.05) is 34.6 Å². The highest BCUT2D eigenvalue weighted by Crippen LogP contribution is 2.56. The quantitative estimate of drug-likeness (QED) is 0.374. The van der Waals surface area contributed by atoms with Crippen LogP contribution in [0.15, 0.2) is 0 Å². The van der Waals surface area contributed by atoms with E-state index in [-0.39, 0.29) is 0 Å². The van der Waals surface area contributed by atoms with Gasteiger partial charge in [-0.15, -0.1) is 0 Å². The van der Waals surface area contributed by atoms with E-state index in [1.165, 1.54) is 0 Å². The van der Waals surface area contributed by atoms with Gasteiger partial charge in [-0.2, -0.15) is 0 Å². The fourth-order valence-corrected chi connectivity index (χ4v) is 6.41. The predicted octanol–water partition coefficient (Wildman–Crippen LogP) is 3.88. The second-order valence-electron chi connectivity index (χ2n) is 3.87. The zero-order valence-electron chi connectivity index (χ0n) is 13.6. The lowest BCUT2D eigenvalue weighted by Gasteiger charge is -2.35. The molecule has 0 amide bonds. The average Bonchev–Trinajstić information content (AvgIpc) is 2.38. The molecule has 6 nitrogen and oxygen atoms in total. The SMILES string of the molecule is CCOP(=S)(OCC)OC(C)N(C)P(=S)(OCC)OCC. The van der Waals surface area contributed by atoms with Crippen LogP contribution in [0.4, 0.5) is 0 Å². The van der Waals surface area contributed by atoms with Crippen molar-refractivity contribution < 1.29 is 22.6 Å². The van der Waals surface area contributed by atoms with Crippen molar-refractivity contribution in [2.24, 2.45) is 0 Å². The fourth-order valence-electron chi connectivity index (χ4n) is 1.41. The van der Waals surface area contributed by atoms with Gasteiger partial charge in [-0.05, 0) is 65.3 Å². The third kappa shape index (κ3) is 7.44. The topological polar surface area (TPSA) is 49.4 Å². The molecule has 0 bridgehead atoms. The Hall–Kier alpha value is 1.06. The van der Waals surface area contributed by atoms with E-state index in [1.54, 1.807) is 11.7 Å². The van der Waals surface area contributed by atoms with Crippen LogP contribution in [-0.4, -0.2) is 44.4 Å². The van der Waals surface area contributed by atoms with Crippen molar-refractivity contribution in [3.63, 3.8) is 0 Å². The van der Waals surface area contributed by atoms with Gasteiger partial charge < -0.3 is 18.1 Å². The number of hydrogen-bond donors (Lipinski definition) is 0. The maximum atomic E-state index is 5.83. The lowest BCUT2D eigenvalue weighted by molar-refractivity contribution is 0.0604. The van der Waals surface area contributed by atoms with Gasteiger partial charge in [0, 0.05) is 0 Å². The normalized spacial score (nSPS) is 14.6. The smallest absolute Gasteiger partial charge is 0.318 e. The molecule has 1 atom stereocenters. The first-order valence-electron chi connectivity index (χ1n) is 6.98. The monoisotopic (exact) mass is 379 g/mol. The molecule has 128 valence electrons. The van der Waals surface area contributed by atoms with Crippen LogP contribution in [0.3, 0.4) is 0 Å². The average molecular weight is 379 g/mol. The van der Waals surface area contributed by atoms with E-state index in [0.717, 1.165) is 0 Å². The second-order valence-corrected chi connectivity index (χ2v) is 10.3. The Morgan fingerprint density at radius 2 is 1.24 bits per heavy atom. The molecule has 0 rings (SSSR count). The maximum absolute atomic E-state index is 5.83. The molecule has 0 radical (unpaired) electrons. The third-order valence-corrected chi connectivity index (χ3v) is 8.63. The number of nitrogens with zero attached hydrogens (tertiary/aromatic N) is 1. The number of hydrogen-bond acceptors (Lipinski definition) is 7. The Morgan fingerprint density at radius 1 is 0.857 bits per heavy atom. The van der Waals surface area contributed by atoms with Crippen LogP contribution in [0.1, 0.15) is 34.6 Å². The van der Waals surface area contributed by atoms with Gasteiger partial charge in [0.2, 0.25) is 0 Å². The standard InChI is InChI=1S/C11H27NO5P2S2/c1-7-13-18(20,14-8-2)12(6)11(5)17-19(21,15-9-3)16-10-4/h11H,7-10H2,1-6H3. The Morgan fingerprint density at radius 3 is 1.57 bits per heavy atom. The van der Waals surface area contributed by atoms with Crippen LogP contribution < -0.4 is 0 Å². The van der Waals surface area contributed by atoms with E-state index in [4.69, 9.17) is 46.2 Å². The fraction of sp³-hybridized carbons (Fsp3) is 1.00. The number of rotatable bonds is 12. The van der Waals surface area contributed by atoms with E-state index < -0.39 is 19.6 Å². The van der Waals surface area contributed by atoms with Gasteiger partial charge >= 0.3 is 6.72 Å². The van der Waals surface area contributed by atoms with Gasteiger partial charge in [0.25, 0.3) is 6.64 Å². The van der Waals surface area contributed by atoms with E-state index in [2.05, 4.69) is 0 Å². The van der Waals surface area contributed by atoms with Crippen LogP contribution in [0.2, 0.25) is 0 Å². The van der Waals surface area contributed by atoms with Crippen molar-refractivity contribution in [1.82, 2.24) is 4.67 Å². The third-order valence-electron chi connectivity index (χ3n) is 2.35. The second kappa shape index (κ2) is 10.8. The summed E-state index contributed by atoms with van der Waals surface area (Å²) >= 11 is 10.9. The molecule has 1 unspecified atom stereocenters. The van der Waals surface area contributed by atoms with Crippen molar-refractivity contribution in [1.29, 1.82) is 0 Å². The summed E-state index contributed by atoms with van der Waals surface area (Å²) in [7, 11) is 1.80. The molecule has 0 aromatic rings. The van der Waals surface area contributed by atoms with E-state index in [9.17, 15) is 0 Å². The summed E-state index contributed by atoms with van der Waals surface area (Å²) in [6, 6.07) is 0. The molecular formula is C11H27NO5P2S2. The summed E-state index contributed by atoms with van der Waals surface area (Å²) < 4.78 is 29.8. The summed E-state index contributed by atoms with van der Waals surface area (Å²) in [5.74, 6) is 0. The van der Waals surface area contributed by atoms with Crippen LogP contribution in [0.25, 0.3) is 0 Å². The molecule has 0 aromatic heterocycles. The lowest BCUT2D eigenvalue weighted by atomic mass is 10.7. The Balaban J connectivity index is 4.99. The van der Waals surface area contributed by atoms with Crippen LogP contribution >= 0.6 is 13.4 Å². The lowest BCUT2D eigenvalue weighted by Crippen LogP contribution is -2.30. The van der Waals surface area contributed by atoms with Gasteiger partial charge in [-0.25, -0.2) is 4.67 Å². The largest absolute Gasteiger partial charge is 0.328 e. The molecule has 0 spiro atoms. The van der Waals surface area contributed by atoms with Crippen LogP contribution in [0, 0.1) is 0 Å². The minimum absolute atomic E-state index is 0.429. The molecule has 0 aromatic carbocycles. The zero-order chi connectivity index (χ0) is 16.5. The maximum Gasteiger partial charge on any atom is 0.328 e. The van der Waals surface area contributed by atoms with E-state index in [0.29, 0.717) is 26.4 Å². The molecule has 10 heteroatoms. The van der Waals surface area contributed by atoms with E-state index >= 15 is 0 Å². The summed E-state index contributed by atoms with van der Waals surface area (Å²) in [6.45, 7) is 5.72. The summed E-state index contributed by atoms with van der Waals surface area (Å²) in [5.41, 5.74) is 0. The first kappa shape index (κ1) is 22.1. The highest BCUT2D eigenvalue weighted by Gasteiger charge is 2.33. The Labute approximate surface area is 138 Å². The molecule has 0 saturated heterocycles. The summed E-state index contributed by atoms with van der Waals surface area (Å²) in [6.07, 6.45) is -0.433. The first-order valence-corrected chi connectivity index (χ1v) is 12.1. The minimum Gasteiger partial charge on any atom is -0.318 e. The molecule has 0 N–H and O–H groups in total. The van der Waals surface area contributed by atoms with Crippen molar-refractivity contribution in [3.05, 3.63) is 0 Å². The van der Waals surface area contributed by atoms with Gasteiger partial charge in [-0.1, -0.05) is 0 Å². The highest BCUT2D eigenvalue weighted by atomic mass is 32.5. The molecule has 0 aliphatic heterocycles. The minimum atomic E-state index is -2.78. The van der Waals surface area contributed by atoms with Gasteiger partial charge in [0.05, 0.1) is 26.4 Å². The summed E-state index contributed by atoms with van der Waals surface area (Å²) in [5, 5.41) is 0. The van der Waals surface area contributed by atoms with Crippen molar-refractivity contribution >= 4 is 37.0 Å². The highest BCUT2D eigenvalue weighted by molar-refractivity contribution is 8.09. The zero-order valence-corrected chi connectivity index (χ0v) is 17.0. The molecule has 0 saturated carbocycles.